The molecule has 0 aromatic carbocycles. The van der Waals surface area contributed by atoms with Gasteiger partial charge in [-0.25, -0.2) is 9.78 Å². The predicted molar refractivity (Wildman–Crippen MR) is 78.3 cm³/mol. The number of carbonyl (C=O) groups is 1. The van der Waals surface area contributed by atoms with Crippen LogP contribution in [0.15, 0.2) is 6.07 Å². The molecule has 0 spiro atoms. The lowest BCUT2D eigenvalue weighted by Gasteiger charge is -2.24. The van der Waals surface area contributed by atoms with Gasteiger partial charge in [0.1, 0.15) is 11.4 Å². The second kappa shape index (κ2) is 5.08. The second-order valence-electron chi connectivity index (χ2n) is 6.52. The van der Waals surface area contributed by atoms with E-state index in [1.165, 1.54) is 25.7 Å². The monoisotopic (exact) mass is 274 g/mol. The Morgan fingerprint density at radius 1 is 1.35 bits per heavy atom. The van der Waals surface area contributed by atoms with Crippen LogP contribution in [0.5, 0.6) is 0 Å². The summed E-state index contributed by atoms with van der Waals surface area (Å²) in [5, 5.41) is 12.7. The molecule has 1 aromatic heterocycles. The van der Waals surface area contributed by atoms with Gasteiger partial charge < -0.3 is 10.4 Å². The molecule has 2 N–H and O–H groups in total. The third-order valence-corrected chi connectivity index (χ3v) is 4.77. The minimum atomic E-state index is -0.883. The lowest BCUT2D eigenvalue weighted by atomic mass is 9.89. The Morgan fingerprint density at radius 3 is 2.80 bits per heavy atom. The van der Waals surface area contributed by atoms with Crippen LogP contribution in [-0.2, 0) is 12.8 Å². The van der Waals surface area contributed by atoms with Gasteiger partial charge in [-0.2, -0.15) is 0 Å². The van der Waals surface area contributed by atoms with Gasteiger partial charge in [0.2, 0.25) is 0 Å². The van der Waals surface area contributed by atoms with Crippen LogP contribution in [0.25, 0.3) is 0 Å². The van der Waals surface area contributed by atoms with E-state index in [0.29, 0.717) is 11.4 Å². The van der Waals surface area contributed by atoms with Crippen molar-refractivity contribution in [3.05, 3.63) is 22.9 Å². The molecule has 0 bridgehead atoms. The number of nitrogens with one attached hydrogen (secondary N) is 1. The van der Waals surface area contributed by atoms with Crippen LogP contribution >= 0.6 is 0 Å². The lowest BCUT2D eigenvalue weighted by Crippen LogP contribution is -2.24. The summed E-state index contributed by atoms with van der Waals surface area (Å²) >= 11 is 0. The fraction of sp³-hybridized carbons (Fsp3) is 0.625. The normalized spacial score (nSPS) is 19.9. The Labute approximate surface area is 119 Å². The highest BCUT2D eigenvalue weighted by Gasteiger charge is 2.29. The van der Waals surface area contributed by atoms with Crippen LogP contribution in [0.2, 0.25) is 0 Å². The zero-order valence-electron chi connectivity index (χ0n) is 12.0. The van der Waals surface area contributed by atoms with Crippen molar-refractivity contribution in [2.75, 3.05) is 11.9 Å². The van der Waals surface area contributed by atoms with E-state index in [1.807, 2.05) is 6.07 Å². The fourth-order valence-electron chi connectivity index (χ4n) is 3.47. The Morgan fingerprint density at radius 2 is 2.10 bits per heavy atom. The van der Waals surface area contributed by atoms with Crippen molar-refractivity contribution < 1.29 is 9.90 Å². The van der Waals surface area contributed by atoms with E-state index in [2.05, 4.69) is 17.2 Å². The second-order valence-corrected chi connectivity index (χ2v) is 6.52. The summed E-state index contributed by atoms with van der Waals surface area (Å²) < 4.78 is 0. The van der Waals surface area contributed by atoms with Crippen LogP contribution in [0.1, 0.15) is 60.6 Å². The van der Waals surface area contributed by atoms with Crippen molar-refractivity contribution in [2.24, 2.45) is 5.41 Å². The SMILES string of the molecule is CC1(CNc2nc3c(cc2C(=O)O)CCC3)CCCC1. The number of rotatable bonds is 4. The van der Waals surface area contributed by atoms with Crippen LogP contribution in [0.4, 0.5) is 5.82 Å². The first-order chi connectivity index (χ1) is 9.57. The summed E-state index contributed by atoms with van der Waals surface area (Å²) in [6.07, 6.45) is 8.01. The number of pyridine rings is 1. The maximum atomic E-state index is 11.4. The fourth-order valence-corrected chi connectivity index (χ4v) is 3.47. The van der Waals surface area contributed by atoms with E-state index >= 15 is 0 Å². The highest BCUT2D eigenvalue weighted by Crippen LogP contribution is 2.37. The molecule has 3 rings (SSSR count). The topological polar surface area (TPSA) is 62.2 Å². The van der Waals surface area contributed by atoms with Crippen molar-refractivity contribution in [2.45, 2.75) is 51.9 Å². The predicted octanol–water partition coefficient (Wildman–Crippen LogP) is 3.26. The van der Waals surface area contributed by atoms with Gasteiger partial charge in [0.15, 0.2) is 0 Å². The molecule has 4 nitrogen and oxygen atoms in total. The van der Waals surface area contributed by atoms with Crippen LogP contribution < -0.4 is 5.32 Å². The molecular weight excluding hydrogens is 252 g/mol. The summed E-state index contributed by atoms with van der Waals surface area (Å²) in [5.74, 6) is -0.322. The van der Waals surface area contributed by atoms with Gasteiger partial charge in [0.25, 0.3) is 0 Å². The molecule has 4 heteroatoms. The lowest BCUT2D eigenvalue weighted by molar-refractivity contribution is 0.0697. The number of fused-ring (bicyclic) bond motifs is 1. The van der Waals surface area contributed by atoms with E-state index in [4.69, 9.17) is 0 Å². The number of carboxylic acid groups (broad SMARTS) is 1. The van der Waals surface area contributed by atoms with Crippen LogP contribution in [0, 0.1) is 5.41 Å². The minimum Gasteiger partial charge on any atom is -0.478 e. The van der Waals surface area contributed by atoms with Gasteiger partial charge in [-0.15, -0.1) is 0 Å². The number of hydrogen-bond acceptors (Lipinski definition) is 3. The van der Waals surface area contributed by atoms with Gasteiger partial charge in [-0.3, -0.25) is 0 Å². The molecule has 2 aliphatic carbocycles. The number of anilines is 1. The Balaban J connectivity index is 1.82. The van der Waals surface area contributed by atoms with Crippen LogP contribution in [-0.4, -0.2) is 22.6 Å². The van der Waals surface area contributed by atoms with Gasteiger partial charge in [0, 0.05) is 12.2 Å². The third kappa shape index (κ3) is 2.51. The standard InChI is InChI=1S/C16H22N2O2/c1-16(7-2-3-8-16)10-17-14-12(15(19)20)9-11-5-4-6-13(11)18-14/h9H,2-8,10H2,1H3,(H,17,18)(H,19,20). The number of nitrogens with zero attached hydrogens (tertiary/aromatic N) is 1. The van der Waals surface area contributed by atoms with Crippen molar-refractivity contribution in [3.63, 3.8) is 0 Å². The summed E-state index contributed by atoms with van der Waals surface area (Å²) in [4.78, 5) is 16.0. The Hall–Kier alpha value is -1.58. The molecule has 20 heavy (non-hydrogen) atoms. The van der Waals surface area contributed by atoms with Gasteiger partial charge in [0.05, 0.1) is 0 Å². The molecule has 0 aliphatic heterocycles. The summed E-state index contributed by atoms with van der Waals surface area (Å²) in [5.41, 5.74) is 2.80. The Bertz CT molecular complexity index is 534. The first-order valence-corrected chi connectivity index (χ1v) is 7.57. The average molecular weight is 274 g/mol. The summed E-state index contributed by atoms with van der Waals surface area (Å²) in [7, 11) is 0. The molecule has 108 valence electrons. The summed E-state index contributed by atoms with van der Waals surface area (Å²) in [6, 6.07) is 1.82. The third-order valence-electron chi connectivity index (χ3n) is 4.77. The first-order valence-electron chi connectivity index (χ1n) is 7.57. The van der Waals surface area contributed by atoms with Crippen molar-refractivity contribution in [3.8, 4) is 0 Å². The van der Waals surface area contributed by atoms with Crippen molar-refractivity contribution in [1.29, 1.82) is 0 Å². The first kappa shape index (κ1) is 13.4. The smallest absolute Gasteiger partial charge is 0.339 e. The molecule has 0 radical (unpaired) electrons. The van der Waals surface area contributed by atoms with E-state index < -0.39 is 5.97 Å². The molecule has 1 aromatic rings. The molecule has 1 heterocycles. The van der Waals surface area contributed by atoms with Gasteiger partial charge in [-0.05, 0) is 49.1 Å². The number of hydrogen-bond donors (Lipinski definition) is 2. The van der Waals surface area contributed by atoms with Crippen LogP contribution in [0.3, 0.4) is 0 Å². The number of aryl methyl sites for hydroxylation is 2. The largest absolute Gasteiger partial charge is 0.478 e. The zero-order chi connectivity index (χ0) is 14.2. The maximum absolute atomic E-state index is 11.4. The van der Waals surface area contributed by atoms with Crippen molar-refractivity contribution in [1.82, 2.24) is 4.98 Å². The average Bonchev–Trinajstić information content (AvgIpc) is 3.04. The highest BCUT2D eigenvalue weighted by atomic mass is 16.4. The highest BCUT2D eigenvalue weighted by molar-refractivity contribution is 5.93. The molecule has 1 fully saturated rings. The number of aromatic carboxylic acids is 1. The molecular formula is C16H22N2O2. The molecule has 0 atom stereocenters. The maximum Gasteiger partial charge on any atom is 0.339 e. The zero-order valence-corrected chi connectivity index (χ0v) is 12.0. The van der Waals surface area contributed by atoms with Gasteiger partial charge in [-0.1, -0.05) is 19.8 Å². The van der Waals surface area contributed by atoms with E-state index in [1.54, 1.807) is 0 Å². The molecule has 2 aliphatic rings. The van der Waals surface area contributed by atoms with E-state index in [9.17, 15) is 9.90 Å². The quantitative estimate of drug-likeness (QED) is 0.884. The molecule has 1 saturated carbocycles. The number of aromatic nitrogens is 1. The van der Waals surface area contributed by atoms with Crippen molar-refractivity contribution >= 4 is 11.8 Å². The summed E-state index contributed by atoms with van der Waals surface area (Å²) in [6.45, 7) is 3.10. The van der Waals surface area contributed by atoms with E-state index in [0.717, 1.165) is 37.1 Å². The Kier molecular flexibility index (Phi) is 3.40. The van der Waals surface area contributed by atoms with Gasteiger partial charge >= 0.3 is 5.97 Å². The number of carboxylic acids is 1. The minimum absolute atomic E-state index is 0.288. The molecule has 0 saturated heterocycles. The van der Waals surface area contributed by atoms with E-state index in [-0.39, 0.29) is 5.41 Å². The molecule has 0 amide bonds. The molecule has 0 unspecified atom stereocenters.